The van der Waals surface area contributed by atoms with Crippen LogP contribution in [0.15, 0.2) is 18.3 Å². The van der Waals surface area contributed by atoms with Crippen molar-refractivity contribution in [1.29, 1.82) is 0 Å². The molecule has 1 rings (SSSR count). The van der Waals surface area contributed by atoms with Crippen molar-refractivity contribution in [2.75, 3.05) is 0 Å². The van der Waals surface area contributed by atoms with Crippen molar-refractivity contribution in [3.8, 4) is 5.88 Å². The van der Waals surface area contributed by atoms with E-state index in [-0.39, 0.29) is 12.1 Å². The highest BCUT2D eigenvalue weighted by Gasteiger charge is 2.12. The topological polar surface area (TPSA) is 48.1 Å². The summed E-state index contributed by atoms with van der Waals surface area (Å²) >= 11 is 0. The minimum atomic E-state index is -0.0463. The van der Waals surface area contributed by atoms with Gasteiger partial charge in [0.15, 0.2) is 0 Å². The Kier molecular flexibility index (Phi) is 4.74. The Bertz CT molecular complexity index is 323. The fourth-order valence-corrected chi connectivity index (χ4v) is 1.75. The number of ether oxygens (including phenoxy) is 1. The fourth-order valence-electron chi connectivity index (χ4n) is 1.75. The molecule has 0 bridgehead atoms. The van der Waals surface area contributed by atoms with Crippen LogP contribution in [-0.2, 0) is 0 Å². The van der Waals surface area contributed by atoms with Gasteiger partial charge in [-0.2, -0.15) is 0 Å². The first-order valence-corrected chi connectivity index (χ1v) is 5.87. The van der Waals surface area contributed by atoms with Crippen LogP contribution < -0.4 is 10.5 Å². The molecule has 90 valence electrons. The molecule has 0 aromatic carbocycles. The molecule has 0 aliphatic rings. The van der Waals surface area contributed by atoms with Crippen molar-refractivity contribution >= 4 is 0 Å². The Morgan fingerprint density at radius 2 is 2.00 bits per heavy atom. The lowest BCUT2D eigenvalue weighted by molar-refractivity contribution is 0.183. The third-order valence-corrected chi connectivity index (χ3v) is 2.41. The van der Waals surface area contributed by atoms with Crippen LogP contribution in [0.5, 0.6) is 5.88 Å². The maximum Gasteiger partial charge on any atom is 0.218 e. The molecule has 2 atom stereocenters. The molecule has 3 heteroatoms. The Morgan fingerprint density at radius 3 is 2.56 bits per heavy atom. The van der Waals surface area contributed by atoms with Crippen molar-refractivity contribution < 1.29 is 4.74 Å². The number of nitrogens with zero attached hydrogens (tertiary/aromatic N) is 1. The van der Waals surface area contributed by atoms with Gasteiger partial charge in [-0.3, -0.25) is 0 Å². The number of nitrogens with two attached hydrogens (primary N) is 1. The van der Waals surface area contributed by atoms with Gasteiger partial charge in [0.1, 0.15) is 0 Å². The Labute approximate surface area is 98.0 Å². The summed E-state index contributed by atoms with van der Waals surface area (Å²) in [5.41, 5.74) is 6.84. The van der Waals surface area contributed by atoms with Crippen LogP contribution in [-0.4, -0.2) is 11.1 Å². The lowest BCUT2D eigenvalue weighted by Gasteiger charge is -2.18. The second-order valence-electron chi connectivity index (χ2n) is 4.74. The van der Waals surface area contributed by atoms with E-state index in [1.807, 2.05) is 19.1 Å². The molecular formula is C13H22N2O. The van der Waals surface area contributed by atoms with E-state index in [1.54, 1.807) is 6.20 Å². The van der Waals surface area contributed by atoms with E-state index in [2.05, 4.69) is 25.8 Å². The predicted molar refractivity (Wildman–Crippen MR) is 66.4 cm³/mol. The number of rotatable bonds is 5. The van der Waals surface area contributed by atoms with E-state index < -0.39 is 0 Å². The van der Waals surface area contributed by atoms with Gasteiger partial charge in [0, 0.05) is 17.8 Å². The second kappa shape index (κ2) is 5.85. The molecule has 0 saturated carbocycles. The first-order chi connectivity index (χ1) is 7.50. The standard InChI is InChI=1S/C13H22N2O/c1-9(2)8-10(3)16-13-12(11(4)14)6-5-7-15-13/h5-7,9-11H,8,14H2,1-4H3/t10?,11-/m0/s1. The van der Waals surface area contributed by atoms with Gasteiger partial charge < -0.3 is 10.5 Å². The SMILES string of the molecule is CC(C)CC(C)Oc1ncccc1[C@H](C)N. The molecule has 0 aliphatic heterocycles. The van der Waals surface area contributed by atoms with Gasteiger partial charge in [-0.1, -0.05) is 19.9 Å². The van der Waals surface area contributed by atoms with E-state index in [0.29, 0.717) is 11.8 Å². The molecule has 0 fully saturated rings. The number of aromatic nitrogens is 1. The molecule has 16 heavy (non-hydrogen) atoms. The van der Waals surface area contributed by atoms with E-state index in [4.69, 9.17) is 10.5 Å². The molecule has 0 radical (unpaired) electrons. The molecule has 1 heterocycles. The first-order valence-electron chi connectivity index (χ1n) is 5.87. The lowest BCUT2D eigenvalue weighted by atomic mass is 10.1. The summed E-state index contributed by atoms with van der Waals surface area (Å²) < 4.78 is 5.83. The monoisotopic (exact) mass is 222 g/mol. The zero-order chi connectivity index (χ0) is 12.1. The second-order valence-corrected chi connectivity index (χ2v) is 4.74. The van der Waals surface area contributed by atoms with E-state index in [1.165, 1.54) is 0 Å². The average Bonchev–Trinajstić information content (AvgIpc) is 2.16. The summed E-state index contributed by atoms with van der Waals surface area (Å²) in [6.07, 6.45) is 2.94. The third kappa shape index (κ3) is 3.81. The van der Waals surface area contributed by atoms with Crippen LogP contribution in [0.4, 0.5) is 0 Å². The molecule has 1 aromatic rings. The Hall–Kier alpha value is -1.09. The molecule has 3 nitrogen and oxygen atoms in total. The zero-order valence-corrected chi connectivity index (χ0v) is 10.6. The summed E-state index contributed by atoms with van der Waals surface area (Å²) in [5, 5.41) is 0. The summed E-state index contributed by atoms with van der Waals surface area (Å²) in [6, 6.07) is 3.81. The van der Waals surface area contributed by atoms with Gasteiger partial charge in [0.2, 0.25) is 5.88 Å². The molecule has 0 amide bonds. The highest BCUT2D eigenvalue weighted by atomic mass is 16.5. The van der Waals surface area contributed by atoms with Crippen LogP contribution in [0, 0.1) is 5.92 Å². The summed E-state index contributed by atoms with van der Waals surface area (Å²) in [6.45, 7) is 8.38. The molecule has 0 aliphatic carbocycles. The van der Waals surface area contributed by atoms with Crippen molar-refractivity contribution in [3.05, 3.63) is 23.9 Å². The average molecular weight is 222 g/mol. The number of hydrogen-bond donors (Lipinski definition) is 1. The summed E-state index contributed by atoms with van der Waals surface area (Å²) in [5.74, 6) is 1.29. The summed E-state index contributed by atoms with van der Waals surface area (Å²) in [7, 11) is 0. The fraction of sp³-hybridized carbons (Fsp3) is 0.615. The zero-order valence-electron chi connectivity index (χ0n) is 10.6. The van der Waals surface area contributed by atoms with Crippen molar-refractivity contribution in [1.82, 2.24) is 4.98 Å². The van der Waals surface area contributed by atoms with Crippen LogP contribution >= 0.6 is 0 Å². The number of pyridine rings is 1. The van der Waals surface area contributed by atoms with E-state index >= 15 is 0 Å². The molecule has 2 N–H and O–H groups in total. The Balaban J connectivity index is 2.72. The molecule has 0 spiro atoms. The molecule has 1 unspecified atom stereocenters. The maximum absolute atomic E-state index is 5.87. The molecule has 0 saturated heterocycles. The highest BCUT2D eigenvalue weighted by Crippen LogP contribution is 2.22. The maximum atomic E-state index is 5.87. The van der Waals surface area contributed by atoms with Gasteiger partial charge in [-0.25, -0.2) is 4.98 Å². The minimum absolute atomic E-state index is 0.0463. The van der Waals surface area contributed by atoms with Gasteiger partial charge in [0.25, 0.3) is 0 Å². The van der Waals surface area contributed by atoms with Gasteiger partial charge in [-0.05, 0) is 32.3 Å². The molecule has 1 aromatic heterocycles. The van der Waals surface area contributed by atoms with E-state index in [0.717, 1.165) is 12.0 Å². The van der Waals surface area contributed by atoms with E-state index in [9.17, 15) is 0 Å². The number of hydrogen-bond acceptors (Lipinski definition) is 3. The van der Waals surface area contributed by atoms with Crippen LogP contribution in [0.3, 0.4) is 0 Å². The van der Waals surface area contributed by atoms with Gasteiger partial charge >= 0.3 is 0 Å². The Morgan fingerprint density at radius 1 is 1.31 bits per heavy atom. The summed E-state index contributed by atoms with van der Waals surface area (Å²) in [4.78, 5) is 4.24. The third-order valence-electron chi connectivity index (χ3n) is 2.41. The highest BCUT2D eigenvalue weighted by molar-refractivity contribution is 5.28. The smallest absolute Gasteiger partial charge is 0.218 e. The van der Waals surface area contributed by atoms with Crippen molar-refractivity contribution in [2.45, 2.75) is 46.3 Å². The van der Waals surface area contributed by atoms with Crippen LogP contribution in [0.1, 0.15) is 45.7 Å². The first kappa shape index (κ1) is 13.0. The normalized spacial score (nSPS) is 14.9. The van der Waals surface area contributed by atoms with Crippen molar-refractivity contribution in [3.63, 3.8) is 0 Å². The predicted octanol–water partition coefficient (Wildman–Crippen LogP) is 2.91. The molecular weight excluding hydrogens is 200 g/mol. The lowest BCUT2D eigenvalue weighted by Crippen LogP contribution is -2.17. The quantitative estimate of drug-likeness (QED) is 0.833. The van der Waals surface area contributed by atoms with Crippen LogP contribution in [0.2, 0.25) is 0 Å². The minimum Gasteiger partial charge on any atom is -0.474 e. The van der Waals surface area contributed by atoms with Gasteiger partial charge in [0.05, 0.1) is 6.10 Å². The largest absolute Gasteiger partial charge is 0.474 e. The van der Waals surface area contributed by atoms with Crippen molar-refractivity contribution in [2.24, 2.45) is 11.7 Å². The van der Waals surface area contributed by atoms with Gasteiger partial charge in [-0.15, -0.1) is 0 Å². The van der Waals surface area contributed by atoms with Crippen LogP contribution in [0.25, 0.3) is 0 Å².